The number of amides is 1. The van der Waals surface area contributed by atoms with E-state index < -0.39 is 5.54 Å². The first-order valence-electron chi connectivity index (χ1n) is 3.93. The van der Waals surface area contributed by atoms with Crippen molar-refractivity contribution in [2.75, 3.05) is 5.32 Å². The number of nitrogens with one attached hydrogen (secondary N) is 1. The van der Waals surface area contributed by atoms with E-state index in [4.69, 9.17) is 5.73 Å². The number of nitrogens with zero attached hydrogens (tertiary/aromatic N) is 2. The lowest BCUT2D eigenvalue weighted by molar-refractivity contribution is -0.120. The molecule has 0 aromatic carbocycles. The summed E-state index contributed by atoms with van der Waals surface area (Å²) in [7, 11) is 0. The first-order chi connectivity index (χ1) is 6.06. The van der Waals surface area contributed by atoms with Crippen LogP contribution in [-0.2, 0) is 4.79 Å². The van der Waals surface area contributed by atoms with Gasteiger partial charge in [0.05, 0.1) is 5.54 Å². The van der Waals surface area contributed by atoms with Crippen LogP contribution in [0.2, 0.25) is 0 Å². The van der Waals surface area contributed by atoms with E-state index in [-0.39, 0.29) is 5.91 Å². The summed E-state index contributed by atoms with van der Waals surface area (Å²) in [6, 6.07) is 0. The Hall–Kier alpha value is -1.01. The molecule has 72 valence electrons. The fraction of sp³-hybridized carbons (Fsp3) is 0.571. The summed E-state index contributed by atoms with van der Waals surface area (Å²) < 4.78 is 0. The lowest BCUT2D eigenvalue weighted by atomic mass is 10.00. The zero-order valence-corrected chi connectivity index (χ0v) is 8.39. The van der Waals surface area contributed by atoms with Crippen LogP contribution < -0.4 is 11.1 Å². The van der Waals surface area contributed by atoms with Crippen LogP contribution in [0.5, 0.6) is 0 Å². The summed E-state index contributed by atoms with van der Waals surface area (Å²) >= 11 is 1.27. The number of anilines is 1. The molecule has 0 saturated heterocycles. The van der Waals surface area contributed by atoms with Gasteiger partial charge in [-0.05, 0) is 13.3 Å². The van der Waals surface area contributed by atoms with E-state index in [0.29, 0.717) is 11.6 Å². The van der Waals surface area contributed by atoms with Crippen molar-refractivity contribution in [3.05, 3.63) is 5.51 Å². The first kappa shape index (κ1) is 10.1. The highest BCUT2D eigenvalue weighted by Crippen LogP contribution is 2.12. The van der Waals surface area contributed by atoms with Gasteiger partial charge in [-0.1, -0.05) is 18.3 Å². The Morgan fingerprint density at radius 1 is 1.85 bits per heavy atom. The van der Waals surface area contributed by atoms with Gasteiger partial charge in [-0.3, -0.25) is 10.1 Å². The molecule has 3 N–H and O–H groups in total. The Kier molecular flexibility index (Phi) is 2.94. The Bertz CT molecular complexity index is 283. The Balaban J connectivity index is 2.61. The molecule has 0 fully saturated rings. The highest BCUT2D eigenvalue weighted by molar-refractivity contribution is 7.13. The molecule has 0 aliphatic heterocycles. The van der Waals surface area contributed by atoms with E-state index in [1.807, 2.05) is 6.92 Å². The number of carbonyl (C=O) groups is 1. The van der Waals surface area contributed by atoms with Gasteiger partial charge in [0.15, 0.2) is 0 Å². The van der Waals surface area contributed by atoms with Crippen LogP contribution in [0.3, 0.4) is 0 Å². The standard InChI is InChI=1S/C7H12N4OS/c1-3-7(2,8)5(12)10-6-11-9-4-13-6/h4H,3,8H2,1-2H3,(H,10,11,12). The Morgan fingerprint density at radius 2 is 2.54 bits per heavy atom. The van der Waals surface area contributed by atoms with E-state index >= 15 is 0 Å². The van der Waals surface area contributed by atoms with Gasteiger partial charge < -0.3 is 5.73 Å². The predicted octanol–water partition coefficient (Wildman–Crippen LogP) is 0.604. The van der Waals surface area contributed by atoms with Gasteiger partial charge in [0.25, 0.3) is 0 Å². The maximum Gasteiger partial charge on any atom is 0.245 e. The zero-order valence-electron chi connectivity index (χ0n) is 7.57. The number of hydrogen-bond donors (Lipinski definition) is 2. The minimum Gasteiger partial charge on any atom is -0.318 e. The second-order valence-electron chi connectivity index (χ2n) is 2.97. The smallest absolute Gasteiger partial charge is 0.245 e. The molecule has 0 spiro atoms. The van der Waals surface area contributed by atoms with Gasteiger partial charge in [-0.25, -0.2) is 0 Å². The summed E-state index contributed by atoms with van der Waals surface area (Å²) in [5.41, 5.74) is 6.43. The van der Waals surface area contributed by atoms with Gasteiger partial charge >= 0.3 is 0 Å². The molecule has 0 aliphatic carbocycles. The molecule has 0 saturated carbocycles. The quantitative estimate of drug-likeness (QED) is 0.748. The van der Waals surface area contributed by atoms with Crippen LogP contribution in [0.1, 0.15) is 20.3 Å². The van der Waals surface area contributed by atoms with Crippen LogP contribution in [0.15, 0.2) is 5.51 Å². The number of carbonyl (C=O) groups excluding carboxylic acids is 1. The summed E-state index contributed by atoms with van der Waals surface area (Å²) in [4.78, 5) is 11.5. The minimum atomic E-state index is -0.842. The van der Waals surface area contributed by atoms with Crippen molar-refractivity contribution in [1.29, 1.82) is 0 Å². The van der Waals surface area contributed by atoms with E-state index in [1.54, 1.807) is 12.4 Å². The molecule has 1 aromatic heterocycles. The van der Waals surface area contributed by atoms with E-state index in [9.17, 15) is 4.79 Å². The van der Waals surface area contributed by atoms with E-state index in [2.05, 4.69) is 15.5 Å². The van der Waals surface area contributed by atoms with Crippen molar-refractivity contribution < 1.29 is 4.79 Å². The predicted molar refractivity (Wildman–Crippen MR) is 51.4 cm³/mol. The van der Waals surface area contributed by atoms with Gasteiger partial charge in [0, 0.05) is 0 Å². The van der Waals surface area contributed by atoms with Gasteiger partial charge in [-0.2, -0.15) is 0 Å². The molecule has 5 nitrogen and oxygen atoms in total. The number of rotatable bonds is 3. The second kappa shape index (κ2) is 3.80. The van der Waals surface area contributed by atoms with Crippen LogP contribution in [0, 0.1) is 0 Å². The lowest BCUT2D eigenvalue weighted by Crippen LogP contribution is -2.47. The maximum atomic E-state index is 11.5. The van der Waals surface area contributed by atoms with E-state index in [1.165, 1.54) is 11.3 Å². The summed E-state index contributed by atoms with van der Waals surface area (Å²) in [6.07, 6.45) is 0.581. The minimum absolute atomic E-state index is 0.230. The van der Waals surface area contributed by atoms with Crippen molar-refractivity contribution in [1.82, 2.24) is 10.2 Å². The molecule has 1 amide bonds. The molecule has 1 heterocycles. The third-order valence-corrected chi connectivity index (χ3v) is 2.44. The molecule has 6 heteroatoms. The summed E-state index contributed by atoms with van der Waals surface area (Å²) in [5, 5.41) is 10.4. The van der Waals surface area contributed by atoms with Crippen LogP contribution >= 0.6 is 11.3 Å². The van der Waals surface area contributed by atoms with Gasteiger partial charge in [0.1, 0.15) is 5.51 Å². The summed E-state index contributed by atoms with van der Waals surface area (Å²) in [5.74, 6) is -0.230. The molecule has 1 unspecified atom stereocenters. The first-order valence-corrected chi connectivity index (χ1v) is 4.80. The van der Waals surface area contributed by atoms with Crippen LogP contribution in [-0.4, -0.2) is 21.6 Å². The lowest BCUT2D eigenvalue weighted by Gasteiger charge is -2.20. The molecule has 1 rings (SSSR count). The molecule has 1 atom stereocenters. The van der Waals surface area contributed by atoms with Crippen molar-refractivity contribution in [2.24, 2.45) is 5.73 Å². The van der Waals surface area contributed by atoms with Gasteiger partial charge in [0.2, 0.25) is 11.0 Å². The number of aromatic nitrogens is 2. The third-order valence-electron chi connectivity index (χ3n) is 1.83. The zero-order chi connectivity index (χ0) is 9.90. The molecule has 13 heavy (non-hydrogen) atoms. The summed E-state index contributed by atoms with van der Waals surface area (Å²) in [6.45, 7) is 3.54. The molecular weight excluding hydrogens is 188 g/mol. The Labute approximate surface area is 80.4 Å². The van der Waals surface area contributed by atoms with Crippen LogP contribution in [0.25, 0.3) is 0 Å². The van der Waals surface area contributed by atoms with E-state index in [0.717, 1.165) is 0 Å². The van der Waals surface area contributed by atoms with Gasteiger partial charge in [-0.15, -0.1) is 10.2 Å². The monoisotopic (exact) mass is 200 g/mol. The van der Waals surface area contributed by atoms with Crippen molar-refractivity contribution in [3.63, 3.8) is 0 Å². The normalized spacial score (nSPS) is 15.0. The number of nitrogens with two attached hydrogens (primary N) is 1. The van der Waals surface area contributed by atoms with Crippen molar-refractivity contribution in [3.8, 4) is 0 Å². The molecule has 0 radical (unpaired) electrons. The molecule has 1 aromatic rings. The topological polar surface area (TPSA) is 80.9 Å². The average molecular weight is 200 g/mol. The number of hydrogen-bond acceptors (Lipinski definition) is 5. The SMILES string of the molecule is CCC(C)(N)C(=O)Nc1nncs1. The van der Waals surface area contributed by atoms with Crippen LogP contribution in [0.4, 0.5) is 5.13 Å². The third kappa shape index (κ3) is 2.46. The van der Waals surface area contributed by atoms with Crippen molar-refractivity contribution in [2.45, 2.75) is 25.8 Å². The fourth-order valence-corrected chi connectivity index (χ4v) is 1.07. The largest absolute Gasteiger partial charge is 0.318 e. The second-order valence-corrected chi connectivity index (χ2v) is 3.80. The maximum absolute atomic E-state index is 11.5. The average Bonchev–Trinajstić information content (AvgIpc) is 2.57. The molecule has 0 bridgehead atoms. The fourth-order valence-electron chi connectivity index (χ4n) is 0.628. The van der Waals surface area contributed by atoms with Crippen molar-refractivity contribution >= 4 is 22.4 Å². The Morgan fingerprint density at radius 3 is 3.00 bits per heavy atom. The highest BCUT2D eigenvalue weighted by Gasteiger charge is 2.26. The molecular formula is C7H12N4OS. The highest BCUT2D eigenvalue weighted by atomic mass is 32.1. The molecule has 0 aliphatic rings.